The van der Waals surface area contributed by atoms with Gasteiger partial charge in [0.1, 0.15) is 10.6 Å². The van der Waals surface area contributed by atoms with Gasteiger partial charge in [0.05, 0.1) is 0 Å². The fraction of sp³-hybridized carbons (Fsp3) is 0.800. The molecule has 0 spiro atoms. The highest BCUT2D eigenvalue weighted by molar-refractivity contribution is 7.11. The third-order valence-electron chi connectivity index (χ3n) is 3.85. The highest BCUT2D eigenvalue weighted by atomic mass is 32.1. The predicted molar refractivity (Wildman–Crippen MR) is 80.4 cm³/mol. The van der Waals surface area contributed by atoms with E-state index in [0.29, 0.717) is 5.92 Å². The summed E-state index contributed by atoms with van der Waals surface area (Å²) in [6.07, 6.45) is 8.11. The van der Waals surface area contributed by atoms with Crippen molar-refractivity contribution < 1.29 is 4.74 Å². The minimum absolute atomic E-state index is 0.0980. The lowest BCUT2D eigenvalue weighted by atomic mass is 9.85. The number of hydrogen-bond donors (Lipinski definition) is 1. The molecule has 0 aromatic carbocycles. The molecule has 0 bridgehead atoms. The molecule has 1 aromatic rings. The standard InChI is InChI=1S/C15H26N2OS/c1-12(2)9-16-10-13-11-17-14(19-13)15(18-3)7-5-4-6-8-15/h11-12,16H,4-10H2,1-3H3. The lowest BCUT2D eigenvalue weighted by molar-refractivity contribution is -0.0446. The first-order valence-corrected chi connectivity index (χ1v) is 8.19. The second kappa shape index (κ2) is 6.82. The van der Waals surface area contributed by atoms with Crippen molar-refractivity contribution in [2.75, 3.05) is 13.7 Å². The Morgan fingerprint density at radius 1 is 1.37 bits per heavy atom. The number of nitrogens with one attached hydrogen (secondary N) is 1. The van der Waals surface area contributed by atoms with Crippen LogP contribution in [0.1, 0.15) is 55.8 Å². The molecule has 0 radical (unpaired) electrons. The monoisotopic (exact) mass is 282 g/mol. The van der Waals surface area contributed by atoms with E-state index in [0.717, 1.165) is 25.9 Å². The van der Waals surface area contributed by atoms with Crippen LogP contribution in [0.4, 0.5) is 0 Å². The molecule has 0 aliphatic heterocycles. The number of hydrogen-bond acceptors (Lipinski definition) is 4. The van der Waals surface area contributed by atoms with Gasteiger partial charge in [-0.1, -0.05) is 33.1 Å². The van der Waals surface area contributed by atoms with Gasteiger partial charge in [-0.15, -0.1) is 11.3 Å². The van der Waals surface area contributed by atoms with Gasteiger partial charge in [-0.3, -0.25) is 0 Å². The maximum Gasteiger partial charge on any atom is 0.125 e. The van der Waals surface area contributed by atoms with Gasteiger partial charge in [0.2, 0.25) is 0 Å². The van der Waals surface area contributed by atoms with Crippen LogP contribution in [-0.4, -0.2) is 18.6 Å². The molecule has 4 heteroatoms. The quantitative estimate of drug-likeness (QED) is 0.864. The van der Waals surface area contributed by atoms with Crippen LogP contribution < -0.4 is 5.32 Å². The number of nitrogens with zero attached hydrogens (tertiary/aromatic N) is 1. The van der Waals surface area contributed by atoms with E-state index in [1.807, 2.05) is 24.6 Å². The summed E-state index contributed by atoms with van der Waals surface area (Å²) in [5.41, 5.74) is -0.0980. The zero-order valence-electron chi connectivity index (χ0n) is 12.4. The predicted octanol–water partition coefficient (Wildman–Crippen LogP) is 3.69. The Kier molecular flexibility index (Phi) is 5.37. The molecule has 19 heavy (non-hydrogen) atoms. The van der Waals surface area contributed by atoms with Crippen LogP contribution in [0.3, 0.4) is 0 Å². The van der Waals surface area contributed by atoms with Gasteiger partial charge >= 0.3 is 0 Å². The lowest BCUT2D eigenvalue weighted by Crippen LogP contribution is -2.30. The van der Waals surface area contributed by atoms with E-state index in [1.165, 1.54) is 29.1 Å². The number of rotatable bonds is 6. The highest BCUT2D eigenvalue weighted by Gasteiger charge is 2.36. The third-order valence-corrected chi connectivity index (χ3v) is 5.03. The largest absolute Gasteiger partial charge is 0.371 e. The van der Waals surface area contributed by atoms with Crippen LogP contribution in [-0.2, 0) is 16.9 Å². The van der Waals surface area contributed by atoms with Gasteiger partial charge in [-0.05, 0) is 25.3 Å². The van der Waals surface area contributed by atoms with Crippen LogP contribution in [0.25, 0.3) is 0 Å². The number of methoxy groups -OCH3 is 1. The van der Waals surface area contributed by atoms with E-state index < -0.39 is 0 Å². The van der Waals surface area contributed by atoms with Gasteiger partial charge < -0.3 is 10.1 Å². The Labute approximate surface area is 120 Å². The fourth-order valence-corrected chi connectivity index (χ4v) is 3.82. The average molecular weight is 282 g/mol. The van der Waals surface area contributed by atoms with E-state index >= 15 is 0 Å². The van der Waals surface area contributed by atoms with Crippen molar-refractivity contribution in [1.29, 1.82) is 0 Å². The first kappa shape index (κ1) is 14.9. The summed E-state index contributed by atoms with van der Waals surface area (Å²) in [6, 6.07) is 0. The molecule has 2 rings (SSSR count). The smallest absolute Gasteiger partial charge is 0.125 e. The number of ether oxygens (including phenoxy) is 1. The van der Waals surface area contributed by atoms with Gasteiger partial charge in [-0.2, -0.15) is 0 Å². The molecule has 3 nitrogen and oxygen atoms in total. The second-order valence-electron chi connectivity index (χ2n) is 5.92. The molecular formula is C15H26N2OS. The molecule has 0 amide bonds. The van der Waals surface area contributed by atoms with Crippen LogP contribution in [0.2, 0.25) is 0 Å². The van der Waals surface area contributed by atoms with E-state index in [4.69, 9.17) is 4.74 Å². The van der Waals surface area contributed by atoms with Gasteiger partial charge in [-0.25, -0.2) is 4.98 Å². The SMILES string of the molecule is COC1(c2ncc(CNCC(C)C)s2)CCCCC1. The molecule has 0 saturated heterocycles. The Balaban J connectivity index is 1.98. The van der Waals surface area contributed by atoms with Crippen molar-refractivity contribution in [3.63, 3.8) is 0 Å². The Morgan fingerprint density at radius 2 is 2.11 bits per heavy atom. The summed E-state index contributed by atoms with van der Waals surface area (Å²) in [7, 11) is 1.84. The van der Waals surface area contributed by atoms with Crippen LogP contribution >= 0.6 is 11.3 Å². The van der Waals surface area contributed by atoms with Crippen molar-refractivity contribution in [1.82, 2.24) is 10.3 Å². The van der Waals surface area contributed by atoms with E-state index in [2.05, 4.69) is 24.1 Å². The molecule has 1 aliphatic carbocycles. The van der Waals surface area contributed by atoms with Crippen LogP contribution in [0, 0.1) is 5.92 Å². The average Bonchev–Trinajstić information content (AvgIpc) is 2.88. The molecule has 1 aliphatic rings. The van der Waals surface area contributed by atoms with E-state index in [9.17, 15) is 0 Å². The van der Waals surface area contributed by atoms with Crippen molar-refractivity contribution in [2.24, 2.45) is 5.92 Å². The lowest BCUT2D eigenvalue weighted by Gasteiger charge is -2.34. The summed E-state index contributed by atoms with van der Waals surface area (Å²) >= 11 is 1.82. The molecule has 0 atom stereocenters. The molecule has 1 aromatic heterocycles. The van der Waals surface area contributed by atoms with Crippen molar-refractivity contribution in [3.05, 3.63) is 16.1 Å². The first-order chi connectivity index (χ1) is 9.16. The Hall–Kier alpha value is -0.450. The maximum absolute atomic E-state index is 5.85. The maximum atomic E-state index is 5.85. The topological polar surface area (TPSA) is 34.1 Å². The fourth-order valence-electron chi connectivity index (χ4n) is 2.71. The molecule has 108 valence electrons. The van der Waals surface area contributed by atoms with Crippen LogP contribution in [0.15, 0.2) is 6.20 Å². The molecule has 1 saturated carbocycles. The summed E-state index contributed by atoms with van der Waals surface area (Å²) in [4.78, 5) is 5.95. The molecule has 1 heterocycles. The number of thiazole rings is 1. The summed E-state index contributed by atoms with van der Waals surface area (Å²) in [5, 5.41) is 4.65. The zero-order chi connectivity index (χ0) is 13.7. The minimum atomic E-state index is -0.0980. The molecule has 1 N–H and O–H groups in total. The van der Waals surface area contributed by atoms with E-state index in [-0.39, 0.29) is 5.60 Å². The van der Waals surface area contributed by atoms with Crippen molar-refractivity contribution in [2.45, 2.75) is 58.1 Å². The van der Waals surface area contributed by atoms with Gasteiger partial charge in [0.25, 0.3) is 0 Å². The summed E-state index contributed by atoms with van der Waals surface area (Å²) in [5.74, 6) is 0.691. The Bertz CT molecular complexity index is 383. The normalized spacial score (nSPS) is 18.9. The number of aromatic nitrogens is 1. The first-order valence-electron chi connectivity index (χ1n) is 7.37. The zero-order valence-corrected chi connectivity index (χ0v) is 13.2. The third kappa shape index (κ3) is 3.77. The van der Waals surface area contributed by atoms with Gasteiger partial charge in [0, 0.05) is 24.7 Å². The Morgan fingerprint density at radius 3 is 2.74 bits per heavy atom. The highest BCUT2D eigenvalue weighted by Crippen LogP contribution is 2.41. The van der Waals surface area contributed by atoms with Crippen molar-refractivity contribution >= 4 is 11.3 Å². The van der Waals surface area contributed by atoms with Crippen LogP contribution in [0.5, 0.6) is 0 Å². The molecule has 1 fully saturated rings. The molecule has 0 unspecified atom stereocenters. The minimum Gasteiger partial charge on any atom is -0.371 e. The van der Waals surface area contributed by atoms with Crippen molar-refractivity contribution in [3.8, 4) is 0 Å². The van der Waals surface area contributed by atoms with Gasteiger partial charge in [0.15, 0.2) is 0 Å². The van der Waals surface area contributed by atoms with E-state index in [1.54, 1.807) is 0 Å². The summed E-state index contributed by atoms with van der Waals surface area (Å²) < 4.78 is 5.85. The summed E-state index contributed by atoms with van der Waals surface area (Å²) in [6.45, 7) is 6.44. The molecular weight excluding hydrogens is 256 g/mol. The second-order valence-corrected chi connectivity index (χ2v) is 7.03.